The van der Waals surface area contributed by atoms with Crippen LogP contribution >= 0.6 is 0 Å². The second kappa shape index (κ2) is 9.20. The maximum absolute atomic E-state index is 13.9. The van der Waals surface area contributed by atoms with Gasteiger partial charge in [-0.3, -0.25) is 9.48 Å². The molecule has 188 valence electrons. The molecule has 0 aliphatic rings. The molecule has 1 amide bonds. The molecule has 2 aromatic carbocycles. The van der Waals surface area contributed by atoms with Crippen LogP contribution in [0, 0.1) is 20.8 Å². The predicted molar refractivity (Wildman–Crippen MR) is 133 cm³/mol. The van der Waals surface area contributed by atoms with Gasteiger partial charge < -0.3 is 5.32 Å². The summed E-state index contributed by atoms with van der Waals surface area (Å²) in [6.07, 6.45) is -4.71. The minimum absolute atomic E-state index is 0.0843. The van der Waals surface area contributed by atoms with Gasteiger partial charge in [0.2, 0.25) is 0 Å². The fraction of sp³-hybridized carbons (Fsp3) is 0.185. The largest absolute Gasteiger partial charge is 0.433 e. The molecular formula is C27H23F3N6O. The van der Waals surface area contributed by atoms with Gasteiger partial charge in [-0.15, -0.1) is 0 Å². The summed E-state index contributed by atoms with van der Waals surface area (Å²) in [5, 5.41) is 11.0. The number of hydrogen-bond acceptors (Lipinski definition) is 4. The van der Waals surface area contributed by atoms with Crippen LogP contribution < -0.4 is 5.32 Å². The number of halogens is 3. The van der Waals surface area contributed by atoms with Crippen molar-refractivity contribution < 1.29 is 18.0 Å². The number of alkyl halides is 3. The first-order valence-corrected chi connectivity index (χ1v) is 11.5. The molecule has 0 radical (unpaired) electrons. The maximum atomic E-state index is 13.9. The number of benzene rings is 2. The summed E-state index contributed by atoms with van der Waals surface area (Å²) in [5.41, 5.74) is 3.18. The lowest BCUT2D eigenvalue weighted by Crippen LogP contribution is -2.16. The molecule has 5 aromatic rings. The number of aryl methyl sites for hydroxylation is 3. The van der Waals surface area contributed by atoms with Crippen molar-refractivity contribution in [3.05, 3.63) is 101 Å². The SMILES string of the molecule is Cc1ccc(-c2cc(C(F)(F)F)n3nc(C(=O)Nc4cc(C)n(Cc5ccccc5)n4)cc3n2)cc1C. The molecule has 0 saturated carbocycles. The van der Waals surface area contributed by atoms with E-state index in [-0.39, 0.29) is 22.9 Å². The molecule has 10 heteroatoms. The number of fused-ring (bicyclic) bond motifs is 1. The molecule has 7 nitrogen and oxygen atoms in total. The van der Waals surface area contributed by atoms with Crippen molar-refractivity contribution in [2.24, 2.45) is 0 Å². The van der Waals surface area contributed by atoms with Gasteiger partial charge in [-0.25, -0.2) is 9.50 Å². The first-order valence-electron chi connectivity index (χ1n) is 11.5. The Morgan fingerprint density at radius 1 is 0.919 bits per heavy atom. The van der Waals surface area contributed by atoms with Crippen molar-refractivity contribution in [1.82, 2.24) is 24.4 Å². The number of carbonyl (C=O) groups excluding carboxylic acids is 1. The Bertz CT molecular complexity index is 1620. The van der Waals surface area contributed by atoms with Gasteiger partial charge in [-0.1, -0.05) is 42.5 Å². The first-order chi connectivity index (χ1) is 17.6. The smallest absolute Gasteiger partial charge is 0.304 e. The molecule has 37 heavy (non-hydrogen) atoms. The van der Waals surface area contributed by atoms with Crippen LogP contribution in [-0.2, 0) is 12.7 Å². The Hall–Kier alpha value is -4.47. The molecule has 0 fully saturated rings. The predicted octanol–water partition coefficient (Wildman–Crippen LogP) is 5.84. The number of aromatic nitrogens is 5. The summed E-state index contributed by atoms with van der Waals surface area (Å²) in [5.74, 6) is -0.411. The van der Waals surface area contributed by atoms with Gasteiger partial charge in [0.15, 0.2) is 22.9 Å². The Balaban J connectivity index is 1.47. The molecule has 3 heterocycles. The Morgan fingerprint density at radius 2 is 1.68 bits per heavy atom. The topological polar surface area (TPSA) is 77.1 Å². The van der Waals surface area contributed by atoms with Crippen LogP contribution in [-0.4, -0.2) is 30.3 Å². The van der Waals surface area contributed by atoms with E-state index in [1.165, 1.54) is 6.07 Å². The van der Waals surface area contributed by atoms with Crippen LogP contribution in [0.3, 0.4) is 0 Å². The number of hydrogen-bond donors (Lipinski definition) is 1. The van der Waals surface area contributed by atoms with Crippen LogP contribution in [0.25, 0.3) is 16.9 Å². The van der Waals surface area contributed by atoms with Crippen LogP contribution in [0.15, 0.2) is 66.7 Å². The molecule has 5 rings (SSSR count). The van der Waals surface area contributed by atoms with E-state index in [1.807, 2.05) is 57.2 Å². The highest BCUT2D eigenvalue weighted by atomic mass is 19.4. The highest BCUT2D eigenvalue weighted by Gasteiger charge is 2.35. The van der Waals surface area contributed by atoms with Crippen molar-refractivity contribution in [1.29, 1.82) is 0 Å². The highest BCUT2D eigenvalue weighted by Crippen LogP contribution is 2.33. The van der Waals surface area contributed by atoms with Gasteiger partial charge in [-0.05, 0) is 49.6 Å². The molecule has 3 aromatic heterocycles. The fourth-order valence-electron chi connectivity index (χ4n) is 4.00. The fourth-order valence-corrected chi connectivity index (χ4v) is 4.00. The average molecular weight is 505 g/mol. The Labute approximate surface area is 210 Å². The summed E-state index contributed by atoms with van der Waals surface area (Å²) in [4.78, 5) is 17.3. The third kappa shape index (κ3) is 4.95. The molecular weight excluding hydrogens is 481 g/mol. The normalized spacial score (nSPS) is 11.7. The number of carbonyl (C=O) groups is 1. The molecule has 0 atom stereocenters. The minimum atomic E-state index is -4.71. The summed E-state index contributed by atoms with van der Waals surface area (Å²) < 4.78 is 44.2. The first kappa shape index (κ1) is 24.2. The van der Waals surface area contributed by atoms with E-state index in [2.05, 4.69) is 20.5 Å². The second-order valence-corrected chi connectivity index (χ2v) is 8.89. The summed E-state index contributed by atoms with van der Waals surface area (Å²) in [6.45, 7) is 6.17. The summed E-state index contributed by atoms with van der Waals surface area (Å²) in [6, 6.07) is 18.9. The Kier molecular flexibility index (Phi) is 6.02. The molecule has 0 aliphatic carbocycles. The van der Waals surface area contributed by atoms with E-state index >= 15 is 0 Å². The van der Waals surface area contributed by atoms with Gasteiger partial charge in [-0.2, -0.15) is 23.4 Å². The quantitative estimate of drug-likeness (QED) is 0.326. The monoisotopic (exact) mass is 504 g/mol. The van der Waals surface area contributed by atoms with Gasteiger partial charge in [0.1, 0.15) is 0 Å². The van der Waals surface area contributed by atoms with Crippen LogP contribution in [0.5, 0.6) is 0 Å². The zero-order valence-electron chi connectivity index (χ0n) is 20.3. The number of rotatable bonds is 5. The van der Waals surface area contributed by atoms with Gasteiger partial charge in [0.05, 0.1) is 12.2 Å². The maximum Gasteiger partial charge on any atom is 0.433 e. The lowest BCUT2D eigenvalue weighted by Gasteiger charge is -2.11. The number of nitrogens with zero attached hydrogens (tertiary/aromatic N) is 5. The van der Waals surface area contributed by atoms with Crippen LogP contribution in [0.4, 0.5) is 19.0 Å². The van der Waals surface area contributed by atoms with E-state index in [1.54, 1.807) is 22.9 Å². The van der Waals surface area contributed by atoms with Crippen molar-refractivity contribution in [3.63, 3.8) is 0 Å². The minimum Gasteiger partial charge on any atom is -0.304 e. The van der Waals surface area contributed by atoms with E-state index in [9.17, 15) is 18.0 Å². The molecule has 0 unspecified atom stereocenters. The number of nitrogens with one attached hydrogen (secondary N) is 1. The molecule has 1 N–H and O–H groups in total. The third-order valence-electron chi connectivity index (χ3n) is 6.15. The van der Waals surface area contributed by atoms with E-state index in [0.717, 1.165) is 28.5 Å². The van der Waals surface area contributed by atoms with Gasteiger partial charge >= 0.3 is 6.18 Å². The van der Waals surface area contributed by atoms with Crippen molar-refractivity contribution in [2.75, 3.05) is 5.32 Å². The van der Waals surface area contributed by atoms with Gasteiger partial charge in [0, 0.05) is 23.4 Å². The summed E-state index contributed by atoms with van der Waals surface area (Å²) >= 11 is 0. The number of amides is 1. The van der Waals surface area contributed by atoms with E-state index in [0.29, 0.717) is 16.6 Å². The molecule has 0 saturated heterocycles. The van der Waals surface area contributed by atoms with Crippen LogP contribution in [0.1, 0.15) is 38.6 Å². The van der Waals surface area contributed by atoms with Crippen LogP contribution in [0.2, 0.25) is 0 Å². The number of anilines is 1. The lowest BCUT2D eigenvalue weighted by molar-refractivity contribution is -0.142. The zero-order chi connectivity index (χ0) is 26.3. The molecule has 0 spiro atoms. The second-order valence-electron chi connectivity index (χ2n) is 8.89. The van der Waals surface area contributed by atoms with Crippen molar-refractivity contribution in [3.8, 4) is 11.3 Å². The highest BCUT2D eigenvalue weighted by molar-refractivity contribution is 6.03. The standard InChI is InChI=1S/C27H23F3N6O/c1-16-9-10-20(11-17(16)2)21-13-23(27(28,29)30)36-25(31-21)14-22(33-36)26(37)32-24-12-18(3)35(34-24)15-19-7-5-4-6-8-19/h4-14H,15H2,1-3H3,(H,32,34,37). The van der Waals surface area contributed by atoms with E-state index < -0.39 is 17.8 Å². The third-order valence-corrected chi connectivity index (χ3v) is 6.15. The van der Waals surface area contributed by atoms with Crippen molar-refractivity contribution >= 4 is 17.4 Å². The Morgan fingerprint density at radius 3 is 2.38 bits per heavy atom. The van der Waals surface area contributed by atoms with E-state index in [4.69, 9.17) is 0 Å². The lowest BCUT2D eigenvalue weighted by atomic mass is 10.0. The summed E-state index contributed by atoms with van der Waals surface area (Å²) in [7, 11) is 0. The zero-order valence-corrected chi connectivity index (χ0v) is 20.3. The average Bonchev–Trinajstić information content (AvgIpc) is 3.43. The van der Waals surface area contributed by atoms with Gasteiger partial charge in [0.25, 0.3) is 5.91 Å². The molecule has 0 bridgehead atoms. The van der Waals surface area contributed by atoms with Crippen molar-refractivity contribution in [2.45, 2.75) is 33.5 Å². The molecule has 0 aliphatic heterocycles.